The normalized spacial score (nSPS) is 10.8. The van der Waals surface area contributed by atoms with Crippen LogP contribution >= 0.6 is 11.8 Å². The summed E-state index contributed by atoms with van der Waals surface area (Å²) >= 11 is 1.01. The maximum absolute atomic E-state index is 13.6. The molecule has 0 fully saturated rings. The summed E-state index contributed by atoms with van der Waals surface area (Å²) in [4.78, 5) is 16.5. The first-order valence-electron chi connectivity index (χ1n) is 8.30. The van der Waals surface area contributed by atoms with Crippen LogP contribution in [0.15, 0.2) is 69.0 Å². The molecule has 4 rings (SSSR count). The van der Waals surface area contributed by atoms with Crippen molar-refractivity contribution in [2.45, 2.75) is 5.16 Å². The van der Waals surface area contributed by atoms with Gasteiger partial charge in [0.15, 0.2) is 17.2 Å². The standard InChI is InChI=1S/C19H12F2N4O3S/c20-11-5-6-13(12(21)9-11)22-16(26)10-29-19-23-17(14-3-1-7-27-14)18(24-25-19)15-4-2-8-28-15/h1-9H,10H2,(H,22,26). The van der Waals surface area contributed by atoms with Crippen LogP contribution in [0, 0.1) is 11.6 Å². The number of aromatic nitrogens is 3. The zero-order chi connectivity index (χ0) is 20.2. The molecule has 0 spiro atoms. The number of hydrogen-bond donors (Lipinski definition) is 1. The quantitative estimate of drug-likeness (QED) is 0.467. The number of hydrogen-bond acceptors (Lipinski definition) is 7. The maximum atomic E-state index is 13.6. The van der Waals surface area contributed by atoms with Crippen molar-refractivity contribution in [3.63, 3.8) is 0 Å². The summed E-state index contributed by atoms with van der Waals surface area (Å²) in [6, 6.07) is 9.76. The van der Waals surface area contributed by atoms with Gasteiger partial charge in [-0.1, -0.05) is 11.8 Å². The Morgan fingerprint density at radius 3 is 2.38 bits per heavy atom. The first-order chi connectivity index (χ1) is 14.1. The lowest BCUT2D eigenvalue weighted by Gasteiger charge is -2.07. The molecule has 146 valence electrons. The molecule has 10 heteroatoms. The van der Waals surface area contributed by atoms with E-state index in [1.54, 1.807) is 24.3 Å². The second-order valence-electron chi connectivity index (χ2n) is 5.71. The van der Waals surface area contributed by atoms with Crippen LogP contribution in [0.1, 0.15) is 0 Å². The van der Waals surface area contributed by atoms with Gasteiger partial charge in [-0.25, -0.2) is 13.8 Å². The smallest absolute Gasteiger partial charge is 0.234 e. The number of nitrogens with zero attached hydrogens (tertiary/aromatic N) is 3. The van der Waals surface area contributed by atoms with Crippen molar-refractivity contribution in [3.8, 4) is 22.9 Å². The third kappa shape index (κ3) is 4.32. The van der Waals surface area contributed by atoms with Crippen molar-refractivity contribution in [1.29, 1.82) is 0 Å². The first-order valence-corrected chi connectivity index (χ1v) is 9.29. The fraction of sp³-hybridized carbons (Fsp3) is 0.0526. The molecule has 0 bridgehead atoms. The third-order valence-electron chi connectivity index (χ3n) is 3.71. The van der Waals surface area contributed by atoms with Crippen LogP contribution in [0.25, 0.3) is 22.9 Å². The minimum absolute atomic E-state index is 0.101. The van der Waals surface area contributed by atoms with E-state index >= 15 is 0 Å². The maximum Gasteiger partial charge on any atom is 0.234 e. The van der Waals surface area contributed by atoms with E-state index < -0.39 is 17.5 Å². The lowest BCUT2D eigenvalue weighted by Crippen LogP contribution is -2.15. The van der Waals surface area contributed by atoms with Crippen LogP contribution in [0.3, 0.4) is 0 Å². The molecule has 0 saturated heterocycles. The van der Waals surface area contributed by atoms with Crippen LogP contribution < -0.4 is 5.32 Å². The number of amides is 1. The van der Waals surface area contributed by atoms with Gasteiger partial charge in [-0.3, -0.25) is 4.79 Å². The minimum atomic E-state index is -0.857. The number of benzene rings is 1. The van der Waals surface area contributed by atoms with Gasteiger partial charge < -0.3 is 14.2 Å². The van der Waals surface area contributed by atoms with E-state index in [9.17, 15) is 13.6 Å². The van der Waals surface area contributed by atoms with Crippen LogP contribution in [0.4, 0.5) is 14.5 Å². The van der Waals surface area contributed by atoms with E-state index in [0.717, 1.165) is 23.9 Å². The predicted molar refractivity (Wildman–Crippen MR) is 101 cm³/mol. The van der Waals surface area contributed by atoms with E-state index in [2.05, 4.69) is 20.5 Å². The van der Waals surface area contributed by atoms with Gasteiger partial charge >= 0.3 is 0 Å². The van der Waals surface area contributed by atoms with Crippen molar-refractivity contribution in [3.05, 3.63) is 66.6 Å². The van der Waals surface area contributed by atoms with Crippen LogP contribution in [0.2, 0.25) is 0 Å². The number of rotatable bonds is 6. The second kappa shape index (κ2) is 8.23. The predicted octanol–water partition coefficient (Wildman–Crippen LogP) is 4.40. The molecule has 3 heterocycles. The monoisotopic (exact) mass is 414 g/mol. The van der Waals surface area contributed by atoms with Gasteiger partial charge in [-0.2, -0.15) is 0 Å². The highest BCUT2D eigenvalue weighted by atomic mass is 32.2. The van der Waals surface area contributed by atoms with Crippen molar-refractivity contribution < 1.29 is 22.4 Å². The summed E-state index contributed by atoms with van der Waals surface area (Å²) < 4.78 is 37.4. The molecular weight excluding hydrogens is 402 g/mol. The van der Waals surface area contributed by atoms with Gasteiger partial charge in [-0.15, -0.1) is 10.2 Å². The molecule has 0 aliphatic carbocycles. The Bertz CT molecular complexity index is 1130. The molecule has 0 aliphatic heterocycles. The highest BCUT2D eigenvalue weighted by Gasteiger charge is 2.18. The van der Waals surface area contributed by atoms with Gasteiger partial charge in [0, 0.05) is 6.07 Å². The molecule has 0 saturated carbocycles. The van der Waals surface area contributed by atoms with Crippen molar-refractivity contribution in [1.82, 2.24) is 15.2 Å². The first kappa shape index (κ1) is 18.8. The van der Waals surface area contributed by atoms with Crippen LogP contribution in [-0.4, -0.2) is 26.8 Å². The SMILES string of the molecule is O=C(CSc1nnc(-c2ccco2)c(-c2ccco2)n1)Nc1ccc(F)cc1F. The number of carbonyl (C=O) groups is 1. The average molecular weight is 414 g/mol. The Labute approximate surface area is 167 Å². The molecule has 1 N–H and O–H groups in total. The third-order valence-corrected chi connectivity index (χ3v) is 4.55. The second-order valence-corrected chi connectivity index (χ2v) is 6.65. The Morgan fingerprint density at radius 1 is 1.00 bits per heavy atom. The van der Waals surface area contributed by atoms with E-state index in [4.69, 9.17) is 8.83 Å². The molecule has 1 amide bonds. The summed E-state index contributed by atoms with van der Waals surface area (Å²) in [5.74, 6) is -1.25. The van der Waals surface area contributed by atoms with Gasteiger partial charge in [0.2, 0.25) is 11.1 Å². The fourth-order valence-electron chi connectivity index (χ4n) is 2.44. The Kier molecular flexibility index (Phi) is 5.34. The number of carbonyl (C=O) groups excluding carboxylic acids is 1. The van der Waals surface area contributed by atoms with Crippen molar-refractivity contribution in [2.24, 2.45) is 0 Å². The average Bonchev–Trinajstić information content (AvgIpc) is 3.42. The lowest BCUT2D eigenvalue weighted by atomic mass is 10.2. The molecular formula is C19H12F2N4O3S. The van der Waals surface area contributed by atoms with Gasteiger partial charge in [0.05, 0.1) is 24.0 Å². The van der Waals surface area contributed by atoms with Gasteiger partial charge in [-0.05, 0) is 36.4 Å². The molecule has 0 unspecified atom stereocenters. The summed E-state index contributed by atoms with van der Waals surface area (Å²) in [6.45, 7) is 0. The topological polar surface area (TPSA) is 94.0 Å². The minimum Gasteiger partial charge on any atom is -0.463 e. The van der Waals surface area contributed by atoms with Gasteiger partial charge in [0.25, 0.3) is 0 Å². The van der Waals surface area contributed by atoms with E-state index in [-0.39, 0.29) is 16.6 Å². The van der Waals surface area contributed by atoms with Crippen LogP contribution in [-0.2, 0) is 4.79 Å². The summed E-state index contributed by atoms with van der Waals surface area (Å²) in [5.41, 5.74) is 0.694. The van der Waals surface area contributed by atoms with E-state index in [1.165, 1.54) is 12.5 Å². The summed E-state index contributed by atoms with van der Waals surface area (Å²) in [5, 5.41) is 10.7. The molecule has 7 nitrogen and oxygen atoms in total. The highest BCUT2D eigenvalue weighted by molar-refractivity contribution is 7.99. The van der Waals surface area contributed by atoms with E-state index in [1.807, 2.05) is 0 Å². The number of nitrogens with one attached hydrogen (secondary N) is 1. The molecule has 0 radical (unpaired) electrons. The summed E-state index contributed by atoms with van der Waals surface area (Å²) in [6.07, 6.45) is 3.01. The van der Waals surface area contributed by atoms with Crippen LogP contribution in [0.5, 0.6) is 0 Å². The number of furan rings is 2. The molecule has 4 aromatic rings. The molecule has 3 aromatic heterocycles. The zero-order valence-corrected chi connectivity index (χ0v) is 15.5. The van der Waals surface area contributed by atoms with Gasteiger partial charge in [0.1, 0.15) is 17.3 Å². The number of anilines is 1. The molecule has 0 aliphatic rings. The molecule has 1 aromatic carbocycles. The largest absolute Gasteiger partial charge is 0.463 e. The highest BCUT2D eigenvalue weighted by Crippen LogP contribution is 2.30. The van der Waals surface area contributed by atoms with E-state index in [0.29, 0.717) is 29.0 Å². The summed E-state index contributed by atoms with van der Waals surface area (Å²) in [7, 11) is 0. The Morgan fingerprint density at radius 2 is 1.72 bits per heavy atom. The molecule has 29 heavy (non-hydrogen) atoms. The Balaban J connectivity index is 1.50. The lowest BCUT2D eigenvalue weighted by molar-refractivity contribution is -0.113. The van der Waals surface area contributed by atoms with Crippen molar-refractivity contribution in [2.75, 3.05) is 11.1 Å². The van der Waals surface area contributed by atoms with Crippen molar-refractivity contribution >= 4 is 23.4 Å². The fourth-order valence-corrected chi connectivity index (χ4v) is 3.03. The molecule has 0 atom stereocenters. The zero-order valence-electron chi connectivity index (χ0n) is 14.6. The Hall–Kier alpha value is -3.53. The number of halogens is 2. The number of thioether (sulfide) groups is 1.